The Labute approximate surface area is 151 Å². The third kappa shape index (κ3) is 4.31. The number of benzene rings is 2. The van der Waals surface area contributed by atoms with Crippen LogP contribution in [0.25, 0.3) is 0 Å². The summed E-state index contributed by atoms with van der Waals surface area (Å²) in [5, 5.41) is 0.437. The Balaban J connectivity index is 1.75. The number of rotatable bonds is 4. The number of anilines is 1. The molecule has 0 aliphatic carbocycles. The van der Waals surface area contributed by atoms with Gasteiger partial charge in [0.2, 0.25) is 0 Å². The van der Waals surface area contributed by atoms with Crippen LogP contribution >= 0.6 is 11.6 Å². The zero-order chi connectivity index (χ0) is 17.9. The average molecular weight is 381 g/mol. The molecule has 8 heteroatoms. The van der Waals surface area contributed by atoms with Crippen molar-refractivity contribution < 1.29 is 17.9 Å². The first-order valence-electron chi connectivity index (χ1n) is 7.71. The Kier molecular flexibility index (Phi) is 5.27. The Bertz CT molecular complexity index is 862. The molecule has 3 rings (SSSR count). The van der Waals surface area contributed by atoms with Crippen molar-refractivity contribution in [1.82, 2.24) is 4.90 Å². The van der Waals surface area contributed by atoms with Gasteiger partial charge in [0.05, 0.1) is 23.8 Å². The SMILES string of the molecule is O=C(c1ccc(S(=O)(=O)Nc2cccc(Cl)c2)cc1)N1CCOCC1. The fourth-order valence-electron chi connectivity index (χ4n) is 2.49. The van der Waals surface area contributed by atoms with Gasteiger partial charge in [0.25, 0.3) is 15.9 Å². The van der Waals surface area contributed by atoms with E-state index in [1.807, 2.05) is 0 Å². The van der Waals surface area contributed by atoms with E-state index in [-0.39, 0.29) is 10.8 Å². The van der Waals surface area contributed by atoms with Crippen LogP contribution in [0, 0.1) is 0 Å². The summed E-state index contributed by atoms with van der Waals surface area (Å²) < 4.78 is 32.5. The van der Waals surface area contributed by atoms with Gasteiger partial charge in [-0.3, -0.25) is 9.52 Å². The third-order valence-corrected chi connectivity index (χ3v) is 5.42. The van der Waals surface area contributed by atoms with Crippen molar-refractivity contribution >= 4 is 33.2 Å². The molecule has 0 atom stereocenters. The molecule has 0 spiro atoms. The van der Waals surface area contributed by atoms with Crippen LogP contribution in [0.1, 0.15) is 10.4 Å². The smallest absolute Gasteiger partial charge is 0.261 e. The van der Waals surface area contributed by atoms with Crippen molar-refractivity contribution in [3.63, 3.8) is 0 Å². The lowest BCUT2D eigenvalue weighted by atomic mass is 10.2. The number of hydrogen-bond donors (Lipinski definition) is 1. The maximum Gasteiger partial charge on any atom is 0.261 e. The summed E-state index contributed by atoms with van der Waals surface area (Å²) in [6, 6.07) is 12.3. The number of carbonyl (C=O) groups is 1. The van der Waals surface area contributed by atoms with Crippen LogP contribution in [-0.4, -0.2) is 45.5 Å². The highest BCUT2D eigenvalue weighted by molar-refractivity contribution is 7.92. The van der Waals surface area contributed by atoms with Crippen molar-refractivity contribution in [2.24, 2.45) is 0 Å². The summed E-state index contributed by atoms with van der Waals surface area (Å²) in [6.07, 6.45) is 0. The number of nitrogens with zero attached hydrogens (tertiary/aromatic N) is 1. The van der Waals surface area contributed by atoms with Crippen molar-refractivity contribution in [2.45, 2.75) is 4.90 Å². The van der Waals surface area contributed by atoms with Gasteiger partial charge in [-0.15, -0.1) is 0 Å². The van der Waals surface area contributed by atoms with E-state index in [1.165, 1.54) is 30.3 Å². The highest BCUT2D eigenvalue weighted by Gasteiger charge is 2.20. The summed E-state index contributed by atoms with van der Waals surface area (Å²) in [5.41, 5.74) is 0.824. The molecule has 6 nitrogen and oxygen atoms in total. The number of hydrogen-bond acceptors (Lipinski definition) is 4. The first kappa shape index (κ1) is 17.7. The van der Waals surface area contributed by atoms with Gasteiger partial charge in [-0.25, -0.2) is 8.42 Å². The highest BCUT2D eigenvalue weighted by atomic mass is 35.5. The maximum absolute atomic E-state index is 12.4. The Morgan fingerprint density at radius 2 is 1.76 bits per heavy atom. The second kappa shape index (κ2) is 7.43. The second-order valence-corrected chi connectivity index (χ2v) is 7.66. The second-order valence-electron chi connectivity index (χ2n) is 5.54. The molecule has 1 amide bonds. The molecule has 1 aliphatic rings. The standard InChI is InChI=1S/C17H17ClN2O4S/c18-14-2-1-3-15(12-14)19-25(22,23)16-6-4-13(5-7-16)17(21)20-8-10-24-11-9-20/h1-7,12,19H,8-11H2. The van der Waals surface area contributed by atoms with Crippen LogP contribution in [0.5, 0.6) is 0 Å². The van der Waals surface area contributed by atoms with E-state index in [0.29, 0.717) is 42.6 Å². The number of carbonyl (C=O) groups excluding carboxylic acids is 1. The number of amides is 1. The molecule has 0 bridgehead atoms. The number of halogens is 1. The molecule has 132 valence electrons. The van der Waals surface area contributed by atoms with Gasteiger partial charge in [-0.2, -0.15) is 0 Å². The first-order valence-corrected chi connectivity index (χ1v) is 9.57. The average Bonchev–Trinajstić information content (AvgIpc) is 2.61. The molecule has 1 N–H and O–H groups in total. The summed E-state index contributed by atoms with van der Waals surface area (Å²) in [5.74, 6) is -0.130. The minimum absolute atomic E-state index is 0.0750. The summed E-state index contributed by atoms with van der Waals surface area (Å²) >= 11 is 5.86. The quantitative estimate of drug-likeness (QED) is 0.884. The van der Waals surface area contributed by atoms with Crippen LogP contribution in [0.15, 0.2) is 53.4 Å². The summed E-state index contributed by atoms with van der Waals surface area (Å²) in [4.78, 5) is 14.1. The number of sulfonamides is 1. The van der Waals surface area contributed by atoms with Crippen LogP contribution in [0.2, 0.25) is 5.02 Å². The topological polar surface area (TPSA) is 75.7 Å². The molecular formula is C17H17ClN2O4S. The van der Waals surface area contributed by atoms with Crippen LogP contribution < -0.4 is 4.72 Å². The molecule has 2 aromatic carbocycles. The van der Waals surface area contributed by atoms with Crippen LogP contribution in [0.4, 0.5) is 5.69 Å². The molecule has 0 radical (unpaired) electrons. The fraction of sp³-hybridized carbons (Fsp3) is 0.235. The van der Waals surface area contributed by atoms with Crippen LogP contribution in [0.3, 0.4) is 0 Å². The lowest BCUT2D eigenvalue weighted by Crippen LogP contribution is -2.40. The maximum atomic E-state index is 12.4. The lowest BCUT2D eigenvalue weighted by Gasteiger charge is -2.26. The molecular weight excluding hydrogens is 364 g/mol. The van der Waals surface area contributed by atoms with E-state index in [1.54, 1.807) is 23.1 Å². The van der Waals surface area contributed by atoms with Crippen molar-refractivity contribution in [3.8, 4) is 0 Å². The molecule has 0 aromatic heterocycles. The van der Waals surface area contributed by atoms with E-state index in [2.05, 4.69) is 4.72 Å². The highest BCUT2D eigenvalue weighted by Crippen LogP contribution is 2.20. The minimum Gasteiger partial charge on any atom is -0.378 e. The molecule has 1 fully saturated rings. The predicted molar refractivity (Wildman–Crippen MR) is 95.4 cm³/mol. The van der Waals surface area contributed by atoms with E-state index in [9.17, 15) is 13.2 Å². The molecule has 1 heterocycles. The predicted octanol–water partition coefficient (Wildman–Crippen LogP) is 2.61. The van der Waals surface area contributed by atoms with Gasteiger partial charge in [0, 0.05) is 23.7 Å². The van der Waals surface area contributed by atoms with Gasteiger partial charge in [-0.1, -0.05) is 17.7 Å². The molecule has 0 saturated carbocycles. The summed E-state index contributed by atoms with van der Waals surface area (Å²) in [7, 11) is -3.75. The number of nitrogens with one attached hydrogen (secondary N) is 1. The monoisotopic (exact) mass is 380 g/mol. The van der Waals surface area contributed by atoms with E-state index >= 15 is 0 Å². The van der Waals surface area contributed by atoms with Gasteiger partial charge in [0.15, 0.2) is 0 Å². The summed E-state index contributed by atoms with van der Waals surface area (Å²) in [6.45, 7) is 2.11. The van der Waals surface area contributed by atoms with Gasteiger partial charge >= 0.3 is 0 Å². The van der Waals surface area contributed by atoms with Crippen LogP contribution in [-0.2, 0) is 14.8 Å². The largest absolute Gasteiger partial charge is 0.378 e. The van der Waals surface area contributed by atoms with E-state index in [4.69, 9.17) is 16.3 Å². The lowest BCUT2D eigenvalue weighted by molar-refractivity contribution is 0.0303. The van der Waals surface area contributed by atoms with Gasteiger partial charge in [-0.05, 0) is 42.5 Å². The minimum atomic E-state index is -3.75. The first-order chi connectivity index (χ1) is 12.0. The number of ether oxygens (including phenoxy) is 1. The Morgan fingerprint density at radius 3 is 2.40 bits per heavy atom. The normalized spacial score (nSPS) is 15.0. The molecule has 0 unspecified atom stereocenters. The molecule has 1 aliphatic heterocycles. The molecule has 25 heavy (non-hydrogen) atoms. The Morgan fingerprint density at radius 1 is 1.08 bits per heavy atom. The van der Waals surface area contributed by atoms with E-state index in [0.717, 1.165) is 0 Å². The number of morpholine rings is 1. The fourth-order valence-corrected chi connectivity index (χ4v) is 3.73. The third-order valence-electron chi connectivity index (χ3n) is 3.79. The molecule has 1 saturated heterocycles. The van der Waals surface area contributed by atoms with Gasteiger partial charge < -0.3 is 9.64 Å². The van der Waals surface area contributed by atoms with Crippen molar-refractivity contribution in [2.75, 3.05) is 31.0 Å². The van der Waals surface area contributed by atoms with Crippen molar-refractivity contribution in [3.05, 3.63) is 59.1 Å². The zero-order valence-corrected chi connectivity index (χ0v) is 14.9. The van der Waals surface area contributed by atoms with Gasteiger partial charge in [0.1, 0.15) is 0 Å². The van der Waals surface area contributed by atoms with Crippen molar-refractivity contribution in [1.29, 1.82) is 0 Å². The Hall–Kier alpha value is -2.09. The zero-order valence-electron chi connectivity index (χ0n) is 13.3. The van der Waals surface area contributed by atoms with E-state index < -0.39 is 10.0 Å². The molecule has 2 aromatic rings.